The molecule has 0 saturated carbocycles. The lowest BCUT2D eigenvalue weighted by molar-refractivity contribution is -0.135. The second-order valence-electron chi connectivity index (χ2n) is 17.0. The Morgan fingerprint density at radius 2 is 1.10 bits per heavy atom. The number of hydrogen-bond acceptors (Lipinski definition) is 10. The van der Waals surface area contributed by atoms with E-state index in [-0.39, 0.29) is 39.1 Å². The second kappa shape index (κ2) is 25.7. The highest BCUT2D eigenvalue weighted by Crippen LogP contribution is 2.20. The Labute approximate surface area is 415 Å². The standard InChI is InChI=1S/C54H57N9O9/c1-35(49(55)64)59-50(65)46(26-40-28-57-44-20-12-11-19-43(40)44)61-53(68)48(33-70-30-37-13-5-2-6-14-37)62-51(66)45(25-36-21-23-42(24-22-36)71-31-38-15-7-3-8-16-38)60-52(67)47(27-41-29-56-34-58-41)63-54(69)72-32-39-17-9-4-10-18-39/h2-24,28-29,34-35,45-48,57H,25-27,30-33H2,1H3,(H2,55,64)(H,56,58)(H,59,65)(H,60,67)(H,61,68)(H,62,66)(H,63,69)/t35-,45+,46+,47?,48+/m0/s1. The number of aromatic nitrogens is 3. The smallest absolute Gasteiger partial charge is 0.408 e. The number of carbonyl (C=O) groups excluding carboxylic acids is 6. The Bertz CT molecular complexity index is 2860. The molecule has 0 fully saturated rings. The molecule has 0 saturated heterocycles. The van der Waals surface area contributed by atoms with Gasteiger partial charge in [0, 0.05) is 48.3 Å². The van der Waals surface area contributed by atoms with Gasteiger partial charge < -0.3 is 56.5 Å². The number of H-pyrrole nitrogens is 2. The summed E-state index contributed by atoms with van der Waals surface area (Å²) in [6.07, 6.45) is 3.63. The Kier molecular flexibility index (Phi) is 18.3. The highest BCUT2D eigenvalue weighted by atomic mass is 16.5. The number of benzene rings is 5. The average Bonchev–Trinajstić information content (AvgIpc) is 4.08. The number of nitrogens with one attached hydrogen (secondary N) is 7. The summed E-state index contributed by atoms with van der Waals surface area (Å²) in [6, 6.07) is 35.9. The number of nitrogens with two attached hydrogens (primary N) is 1. The molecule has 18 heteroatoms. The number of primary amides is 1. The molecule has 0 bridgehead atoms. The normalized spacial score (nSPS) is 13.1. The molecule has 18 nitrogen and oxygen atoms in total. The number of amides is 6. The number of para-hydroxylation sites is 1. The Balaban J connectivity index is 1.15. The van der Waals surface area contributed by atoms with Crippen LogP contribution in [-0.4, -0.2) is 87.4 Å². The van der Waals surface area contributed by atoms with Gasteiger partial charge in [-0.15, -0.1) is 0 Å². The van der Waals surface area contributed by atoms with Crippen molar-refractivity contribution in [2.24, 2.45) is 5.73 Å². The minimum absolute atomic E-state index is 0.0130. The number of rotatable bonds is 25. The maximum Gasteiger partial charge on any atom is 0.408 e. The van der Waals surface area contributed by atoms with Crippen LogP contribution < -0.4 is 37.1 Å². The predicted molar refractivity (Wildman–Crippen MR) is 267 cm³/mol. The predicted octanol–water partition coefficient (Wildman–Crippen LogP) is 4.45. The van der Waals surface area contributed by atoms with Crippen LogP contribution in [0.3, 0.4) is 0 Å². The molecule has 2 aromatic heterocycles. The summed E-state index contributed by atoms with van der Waals surface area (Å²) in [5, 5.41) is 14.4. The molecule has 5 atom stereocenters. The number of carbonyl (C=O) groups is 6. The summed E-state index contributed by atoms with van der Waals surface area (Å²) in [5.74, 6) is -3.25. The molecule has 5 aromatic carbocycles. The molecule has 372 valence electrons. The van der Waals surface area contributed by atoms with E-state index in [9.17, 15) is 28.8 Å². The largest absolute Gasteiger partial charge is 0.489 e. The SMILES string of the molecule is C[C@H](NC(=O)[C@@H](Cc1c[nH]c2ccccc12)NC(=O)[C@@H](COCc1ccccc1)NC(=O)[C@@H](Cc1ccc(OCc2ccccc2)cc1)NC(=O)C(Cc1cnc[nH]1)NC(=O)OCc1ccccc1)C(N)=O. The van der Waals surface area contributed by atoms with Gasteiger partial charge in [-0.2, -0.15) is 0 Å². The summed E-state index contributed by atoms with van der Waals surface area (Å²) >= 11 is 0. The Morgan fingerprint density at radius 1 is 0.556 bits per heavy atom. The third-order valence-electron chi connectivity index (χ3n) is 11.6. The zero-order chi connectivity index (χ0) is 50.7. The fourth-order valence-corrected chi connectivity index (χ4v) is 7.62. The second-order valence-corrected chi connectivity index (χ2v) is 17.0. The molecule has 6 amide bonds. The van der Waals surface area contributed by atoms with E-state index in [2.05, 4.69) is 41.5 Å². The van der Waals surface area contributed by atoms with Crippen molar-refractivity contribution >= 4 is 46.5 Å². The lowest BCUT2D eigenvalue weighted by Crippen LogP contribution is -2.60. The first-order valence-corrected chi connectivity index (χ1v) is 23.3. The third-order valence-corrected chi connectivity index (χ3v) is 11.6. The summed E-state index contributed by atoms with van der Waals surface area (Å²) in [4.78, 5) is 93.1. The van der Waals surface area contributed by atoms with E-state index in [0.717, 1.165) is 27.6 Å². The van der Waals surface area contributed by atoms with Gasteiger partial charge >= 0.3 is 6.09 Å². The maximum absolute atomic E-state index is 14.8. The van der Waals surface area contributed by atoms with Crippen LogP contribution >= 0.6 is 0 Å². The number of hydrogen-bond donors (Lipinski definition) is 8. The van der Waals surface area contributed by atoms with Gasteiger partial charge in [-0.3, -0.25) is 24.0 Å². The minimum Gasteiger partial charge on any atom is -0.489 e. The molecular weight excluding hydrogens is 919 g/mol. The molecule has 0 aliphatic rings. The van der Waals surface area contributed by atoms with E-state index < -0.39 is 65.8 Å². The first kappa shape index (κ1) is 51.1. The minimum atomic E-state index is -1.44. The van der Waals surface area contributed by atoms with Crippen LogP contribution in [0.1, 0.15) is 40.4 Å². The van der Waals surface area contributed by atoms with E-state index in [1.165, 1.54) is 19.4 Å². The van der Waals surface area contributed by atoms with E-state index in [1.807, 2.05) is 91.0 Å². The monoisotopic (exact) mass is 975 g/mol. The van der Waals surface area contributed by atoms with Crippen molar-refractivity contribution in [1.82, 2.24) is 41.5 Å². The van der Waals surface area contributed by atoms with Crippen LogP contribution in [0.25, 0.3) is 10.9 Å². The van der Waals surface area contributed by atoms with Gasteiger partial charge in [-0.25, -0.2) is 9.78 Å². The zero-order valence-electron chi connectivity index (χ0n) is 39.5. The van der Waals surface area contributed by atoms with Crippen LogP contribution in [0.4, 0.5) is 4.79 Å². The van der Waals surface area contributed by atoms with Gasteiger partial charge in [0.15, 0.2) is 0 Å². The molecule has 7 rings (SSSR count). The maximum atomic E-state index is 14.8. The van der Waals surface area contributed by atoms with Gasteiger partial charge in [-0.05, 0) is 52.9 Å². The van der Waals surface area contributed by atoms with Gasteiger partial charge in [0.2, 0.25) is 29.5 Å². The van der Waals surface area contributed by atoms with Crippen LogP contribution in [-0.2, 0) is 72.5 Å². The van der Waals surface area contributed by atoms with Crippen LogP contribution in [0.2, 0.25) is 0 Å². The van der Waals surface area contributed by atoms with Crippen molar-refractivity contribution in [2.45, 2.75) is 76.2 Å². The van der Waals surface area contributed by atoms with Crippen molar-refractivity contribution < 1.29 is 43.0 Å². The molecule has 9 N–H and O–H groups in total. The number of fused-ring (bicyclic) bond motifs is 1. The molecule has 0 aliphatic heterocycles. The van der Waals surface area contributed by atoms with Crippen LogP contribution in [0.15, 0.2) is 158 Å². The van der Waals surface area contributed by atoms with Crippen molar-refractivity contribution in [2.75, 3.05) is 6.61 Å². The third kappa shape index (κ3) is 15.4. The highest BCUT2D eigenvalue weighted by Gasteiger charge is 2.33. The summed E-state index contributed by atoms with van der Waals surface area (Å²) in [5.41, 5.74) is 10.6. The van der Waals surface area contributed by atoms with Gasteiger partial charge in [0.1, 0.15) is 49.2 Å². The number of nitrogens with zero attached hydrogens (tertiary/aromatic N) is 1. The van der Waals surface area contributed by atoms with Crippen molar-refractivity contribution in [3.05, 3.63) is 192 Å². The molecule has 0 spiro atoms. The molecule has 0 aliphatic carbocycles. The lowest BCUT2D eigenvalue weighted by Gasteiger charge is -2.27. The molecule has 7 aromatic rings. The molecule has 0 radical (unpaired) electrons. The molecular formula is C54H57N9O9. The fourth-order valence-electron chi connectivity index (χ4n) is 7.62. The van der Waals surface area contributed by atoms with Crippen molar-refractivity contribution in [3.8, 4) is 5.75 Å². The molecule has 2 heterocycles. The Morgan fingerprint density at radius 3 is 1.72 bits per heavy atom. The zero-order valence-corrected chi connectivity index (χ0v) is 39.5. The van der Waals surface area contributed by atoms with Crippen molar-refractivity contribution in [1.29, 1.82) is 0 Å². The topological polar surface area (TPSA) is 261 Å². The van der Waals surface area contributed by atoms with Crippen LogP contribution in [0.5, 0.6) is 5.75 Å². The van der Waals surface area contributed by atoms with Gasteiger partial charge in [0.25, 0.3) is 0 Å². The quantitative estimate of drug-likeness (QED) is 0.0399. The number of imidazole rings is 1. The van der Waals surface area contributed by atoms with Crippen LogP contribution in [0, 0.1) is 0 Å². The average molecular weight is 976 g/mol. The molecule has 72 heavy (non-hydrogen) atoms. The van der Waals surface area contributed by atoms with Gasteiger partial charge in [0.05, 0.1) is 19.5 Å². The first-order chi connectivity index (χ1) is 35.0. The van der Waals surface area contributed by atoms with E-state index >= 15 is 0 Å². The summed E-state index contributed by atoms with van der Waals surface area (Å²) in [6.45, 7) is 1.39. The number of ether oxygens (including phenoxy) is 3. The fraction of sp³-hybridized carbons (Fsp3) is 0.241. The summed E-state index contributed by atoms with van der Waals surface area (Å²) < 4.78 is 17.5. The van der Waals surface area contributed by atoms with Gasteiger partial charge in [-0.1, -0.05) is 121 Å². The summed E-state index contributed by atoms with van der Waals surface area (Å²) in [7, 11) is 0. The van der Waals surface area contributed by atoms with Crippen molar-refractivity contribution in [3.63, 3.8) is 0 Å². The van der Waals surface area contributed by atoms with E-state index in [0.29, 0.717) is 29.2 Å². The van der Waals surface area contributed by atoms with E-state index in [1.54, 1.807) is 54.7 Å². The Hall–Kier alpha value is -8.77. The first-order valence-electron chi connectivity index (χ1n) is 23.3. The number of aromatic amines is 2. The molecule has 1 unspecified atom stereocenters. The van der Waals surface area contributed by atoms with E-state index in [4.69, 9.17) is 19.9 Å². The number of alkyl carbamates (subject to hydrolysis) is 1. The lowest BCUT2D eigenvalue weighted by atomic mass is 10.0. The highest BCUT2D eigenvalue weighted by molar-refractivity contribution is 5.97.